The second-order valence-electron chi connectivity index (χ2n) is 7.05. The molecule has 6 nitrogen and oxygen atoms in total. The van der Waals surface area contributed by atoms with Crippen LogP contribution < -0.4 is 10.2 Å². The summed E-state index contributed by atoms with van der Waals surface area (Å²) in [4.78, 5) is 32.1. The van der Waals surface area contributed by atoms with Gasteiger partial charge in [-0.2, -0.15) is 0 Å². The third kappa shape index (κ3) is 2.20. The molecule has 1 aliphatic carbocycles. The lowest BCUT2D eigenvalue weighted by Gasteiger charge is -2.48. The van der Waals surface area contributed by atoms with Crippen LogP contribution in [0.2, 0.25) is 0 Å². The lowest BCUT2D eigenvalue weighted by molar-refractivity contribution is -0.150. The molecule has 1 saturated carbocycles. The monoisotopic (exact) mass is 327 g/mol. The molecule has 1 aromatic rings. The number of para-hydroxylation sites is 1. The van der Waals surface area contributed by atoms with Crippen molar-refractivity contribution in [3.63, 3.8) is 0 Å². The molecule has 1 saturated heterocycles. The number of urea groups is 1. The van der Waals surface area contributed by atoms with Crippen LogP contribution in [0, 0.1) is 0 Å². The van der Waals surface area contributed by atoms with Gasteiger partial charge in [-0.05, 0) is 25.0 Å². The van der Waals surface area contributed by atoms with Crippen LogP contribution in [0.25, 0.3) is 0 Å². The molecule has 126 valence electrons. The number of nitrogens with one attached hydrogen (secondary N) is 1. The zero-order valence-corrected chi connectivity index (χ0v) is 13.7. The summed E-state index contributed by atoms with van der Waals surface area (Å²) in [6, 6.07) is 8.67. The Bertz CT molecular complexity index is 707. The van der Waals surface area contributed by atoms with E-state index < -0.39 is 11.1 Å². The number of imide groups is 1. The van der Waals surface area contributed by atoms with Gasteiger partial charge in [0, 0.05) is 19.3 Å². The number of nitrogens with zero attached hydrogens (tertiary/aromatic N) is 2. The third-order valence-electron chi connectivity index (χ3n) is 5.14. The normalized spacial score (nSPS) is 31.2. The average molecular weight is 327 g/mol. The topological polar surface area (TPSA) is 71.0 Å². The molecule has 2 spiro atoms. The number of carbonyl (C=O) groups excluding carboxylic acids is 2. The highest BCUT2D eigenvalue weighted by molar-refractivity contribution is 6.24. The van der Waals surface area contributed by atoms with Crippen LogP contribution in [0.1, 0.15) is 45.4 Å². The summed E-state index contributed by atoms with van der Waals surface area (Å²) in [5.74, 6) is -0.185. The van der Waals surface area contributed by atoms with Gasteiger partial charge in [0.25, 0.3) is 5.91 Å². The highest BCUT2D eigenvalue weighted by atomic mass is 16.7. The van der Waals surface area contributed by atoms with Gasteiger partial charge in [-0.3, -0.25) is 4.79 Å². The van der Waals surface area contributed by atoms with E-state index in [9.17, 15) is 9.59 Å². The lowest BCUT2D eigenvalue weighted by Crippen LogP contribution is -2.65. The van der Waals surface area contributed by atoms with E-state index in [1.54, 1.807) is 12.1 Å². The fourth-order valence-electron chi connectivity index (χ4n) is 4.02. The van der Waals surface area contributed by atoms with E-state index in [4.69, 9.17) is 4.84 Å². The first-order chi connectivity index (χ1) is 11.6. The van der Waals surface area contributed by atoms with Crippen LogP contribution in [-0.2, 0) is 9.63 Å². The molecule has 0 bridgehead atoms. The molecular formula is C18H21N3O3. The van der Waals surface area contributed by atoms with Crippen molar-refractivity contribution >= 4 is 23.3 Å². The van der Waals surface area contributed by atoms with Crippen molar-refractivity contribution in [2.75, 3.05) is 4.90 Å². The van der Waals surface area contributed by atoms with Gasteiger partial charge in [-0.1, -0.05) is 36.7 Å². The predicted octanol–water partition coefficient (Wildman–Crippen LogP) is 2.98. The number of rotatable bonds is 4. The SMILES string of the molecule is CCCCC1=NOC2(C1)CC1(C2)NC(=O)N(c2ccccc2)C1=O. The van der Waals surface area contributed by atoms with Gasteiger partial charge in [0.15, 0.2) is 0 Å². The van der Waals surface area contributed by atoms with Gasteiger partial charge in [0.05, 0.1) is 11.4 Å². The minimum absolute atomic E-state index is 0.185. The predicted molar refractivity (Wildman–Crippen MR) is 89.8 cm³/mol. The molecule has 3 aliphatic rings. The molecule has 1 aromatic carbocycles. The first-order valence-electron chi connectivity index (χ1n) is 8.53. The van der Waals surface area contributed by atoms with Crippen molar-refractivity contribution in [1.82, 2.24) is 5.32 Å². The van der Waals surface area contributed by atoms with Crippen LogP contribution in [0.5, 0.6) is 0 Å². The fourth-order valence-corrected chi connectivity index (χ4v) is 4.02. The van der Waals surface area contributed by atoms with Gasteiger partial charge in [0.2, 0.25) is 0 Å². The second kappa shape index (κ2) is 5.33. The van der Waals surface area contributed by atoms with Crippen LogP contribution in [0.4, 0.5) is 10.5 Å². The molecule has 3 amide bonds. The summed E-state index contributed by atoms with van der Waals surface area (Å²) < 4.78 is 0. The summed E-state index contributed by atoms with van der Waals surface area (Å²) in [5, 5.41) is 7.08. The smallest absolute Gasteiger partial charge is 0.329 e. The molecule has 4 rings (SSSR count). The highest BCUT2D eigenvalue weighted by Gasteiger charge is 2.68. The van der Waals surface area contributed by atoms with Crippen LogP contribution in [-0.4, -0.2) is 28.8 Å². The minimum Gasteiger partial charge on any atom is -0.389 e. The number of oxime groups is 1. The van der Waals surface area contributed by atoms with Gasteiger partial charge >= 0.3 is 6.03 Å². The number of anilines is 1. The highest BCUT2D eigenvalue weighted by Crippen LogP contribution is 2.52. The fraction of sp³-hybridized carbons (Fsp3) is 0.500. The molecule has 2 aliphatic heterocycles. The van der Waals surface area contributed by atoms with E-state index in [1.807, 2.05) is 18.2 Å². The summed E-state index contributed by atoms with van der Waals surface area (Å²) in [7, 11) is 0. The molecule has 0 aromatic heterocycles. The summed E-state index contributed by atoms with van der Waals surface area (Å²) in [6.07, 6.45) is 4.92. The maximum atomic E-state index is 12.9. The van der Waals surface area contributed by atoms with Gasteiger partial charge in [-0.15, -0.1) is 0 Å². The van der Waals surface area contributed by atoms with Gasteiger partial charge < -0.3 is 10.2 Å². The van der Waals surface area contributed by atoms with Crippen molar-refractivity contribution in [3.8, 4) is 0 Å². The Morgan fingerprint density at radius 1 is 1.25 bits per heavy atom. The Labute approximate surface area is 140 Å². The number of amides is 3. The zero-order chi connectivity index (χ0) is 16.8. The first-order valence-corrected chi connectivity index (χ1v) is 8.53. The Morgan fingerprint density at radius 3 is 2.71 bits per heavy atom. The van der Waals surface area contributed by atoms with Crippen molar-refractivity contribution in [2.45, 2.75) is 56.6 Å². The van der Waals surface area contributed by atoms with E-state index in [0.29, 0.717) is 18.5 Å². The minimum atomic E-state index is -0.831. The largest absolute Gasteiger partial charge is 0.389 e. The number of unbranched alkanes of at least 4 members (excludes halogenated alkanes) is 1. The summed E-state index contributed by atoms with van der Waals surface area (Å²) in [6.45, 7) is 2.15. The molecule has 6 heteroatoms. The number of carbonyl (C=O) groups is 2. The van der Waals surface area contributed by atoms with Crippen LogP contribution in [0.3, 0.4) is 0 Å². The molecule has 0 radical (unpaired) electrons. The van der Waals surface area contributed by atoms with Crippen LogP contribution in [0.15, 0.2) is 35.5 Å². The molecule has 2 fully saturated rings. The summed E-state index contributed by atoms with van der Waals surface area (Å²) in [5.41, 5.74) is 0.440. The second-order valence-corrected chi connectivity index (χ2v) is 7.05. The number of benzene rings is 1. The first kappa shape index (κ1) is 15.2. The maximum absolute atomic E-state index is 12.9. The van der Waals surface area contributed by atoms with Crippen molar-refractivity contribution in [1.29, 1.82) is 0 Å². The molecule has 0 atom stereocenters. The quantitative estimate of drug-likeness (QED) is 0.864. The molecule has 0 unspecified atom stereocenters. The molecule has 24 heavy (non-hydrogen) atoms. The number of hydrogen-bond donors (Lipinski definition) is 1. The Kier molecular flexibility index (Phi) is 3.37. The van der Waals surface area contributed by atoms with Gasteiger partial charge in [0.1, 0.15) is 11.1 Å². The standard InChI is InChI=1S/C18H21N3O3/c1-2-3-7-13-10-17(24-20-13)11-18(12-17)15(22)21(16(23)19-18)14-8-5-4-6-9-14/h4-6,8-9H,2-3,7,10-12H2,1H3,(H,19,23). The van der Waals surface area contributed by atoms with E-state index in [0.717, 1.165) is 31.4 Å². The maximum Gasteiger partial charge on any atom is 0.329 e. The zero-order valence-electron chi connectivity index (χ0n) is 13.7. The van der Waals surface area contributed by atoms with Gasteiger partial charge in [-0.25, -0.2) is 9.69 Å². The van der Waals surface area contributed by atoms with Crippen molar-refractivity contribution in [2.24, 2.45) is 5.16 Å². The van der Waals surface area contributed by atoms with Crippen LogP contribution >= 0.6 is 0 Å². The molecular weight excluding hydrogens is 306 g/mol. The lowest BCUT2D eigenvalue weighted by atomic mass is 9.63. The van der Waals surface area contributed by atoms with E-state index in [1.165, 1.54) is 4.90 Å². The van der Waals surface area contributed by atoms with Crippen molar-refractivity contribution < 1.29 is 14.4 Å². The van der Waals surface area contributed by atoms with E-state index in [2.05, 4.69) is 17.4 Å². The Balaban J connectivity index is 1.46. The number of hydrogen-bond acceptors (Lipinski definition) is 4. The van der Waals surface area contributed by atoms with E-state index in [-0.39, 0.29) is 11.9 Å². The van der Waals surface area contributed by atoms with E-state index >= 15 is 0 Å². The molecule has 1 N–H and O–H groups in total. The summed E-state index contributed by atoms with van der Waals surface area (Å²) >= 11 is 0. The Morgan fingerprint density at radius 2 is 2.00 bits per heavy atom. The Hall–Kier alpha value is -2.37. The average Bonchev–Trinajstić information content (AvgIpc) is 3.07. The molecule has 2 heterocycles. The van der Waals surface area contributed by atoms with Crippen molar-refractivity contribution in [3.05, 3.63) is 30.3 Å². The third-order valence-corrected chi connectivity index (χ3v) is 5.14.